The van der Waals surface area contributed by atoms with Crippen molar-refractivity contribution >= 4 is 23.2 Å². The summed E-state index contributed by atoms with van der Waals surface area (Å²) >= 11 is 0. The largest absolute Gasteiger partial charge is 0.321 e. The minimum atomic E-state index is -0.0487. The van der Waals surface area contributed by atoms with E-state index < -0.39 is 0 Å². The van der Waals surface area contributed by atoms with Gasteiger partial charge in [-0.3, -0.25) is 9.78 Å². The Kier molecular flexibility index (Phi) is 2.45. The van der Waals surface area contributed by atoms with E-state index in [4.69, 9.17) is 0 Å². The van der Waals surface area contributed by atoms with Crippen molar-refractivity contribution < 1.29 is 4.79 Å². The number of hydrogen-bond donors (Lipinski definition) is 1. The highest BCUT2D eigenvalue weighted by molar-refractivity contribution is 6.34. The highest BCUT2D eigenvalue weighted by Crippen LogP contribution is 2.33. The third kappa shape index (κ3) is 1.80. The summed E-state index contributed by atoms with van der Waals surface area (Å²) in [7, 11) is 0. The number of aryl methyl sites for hydroxylation is 1. The van der Waals surface area contributed by atoms with Crippen molar-refractivity contribution in [2.45, 2.75) is 6.92 Å². The van der Waals surface area contributed by atoms with Crippen LogP contribution in [0.5, 0.6) is 0 Å². The number of fused-ring (bicyclic) bond motifs is 1. The second-order valence-corrected chi connectivity index (χ2v) is 4.34. The van der Waals surface area contributed by atoms with Crippen molar-refractivity contribution in [1.82, 2.24) is 4.98 Å². The summed E-state index contributed by atoms with van der Waals surface area (Å²) in [6.45, 7) is 2.01. The zero-order chi connectivity index (χ0) is 12.5. The van der Waals surface area contributed by atoms with Gasteiger partial charge in [-0.05, 0) is 42.3 Å². The van der Waals surface area contributed by atoms with Crippen molar-refractivity contribution in [3.8, 4) is 0 Å². The Bertz CT molecular complexity index is 645. The molecule has 2 heterocycles. The number of carbonyl (C=O) groups excluding carboxylic acids is 1. The molecule has 3 rings (SSSR count). The second kappa shape index (κ2) is 4.11. The fraction of sp³-hybridized carbons (Fsp3) is 0.0667. The van der Waals surface area contributed by atoms with Crippen molar-refractivity contribution in [2.24, 2.45) is 0 Å². The van der Waals surface area contributed by atoms with Crippen LogP contribution in [0.1, 0.15) is 16.7 Å². The van der Waals surface area contributed by atoms with Crippen LogP contribution < -0.4 is 5.32 Å². The molecular formula is C15H12N2O. The first-order valence-corrected chi connectivity index (χ1v) is 5.78. The van der Waals surface area contributed by atoms with Crippen LogP contribution in [-0.4, -0.2) is 10.9 Å². The molecule has 0 radical (unpaired) electrons. The lowest BCUT2D eigenvalue weighted by molar-refractivity contribution is -0.110. The average Bonchev–Trinajstić information content (AvgIpc) is 2.66. The fourth-order valence-corrected chi connectivity index (χ4v) is 2.08. The zero-order valence-electron chi connectivity index (χ0n) is 9.97. The molecule has 2 aromatic rings. The van der Waals surface area contributed by atoms with Crippen molar-refractivity contribution in [1.29, 1.82) is 0 Å². The number of rotatable bonds is 1. The highest BCUT2D eigenvalue weighted by atomic mass is 16.2. The van der Waals surface area contributed by atoms with Crippen LogP contribution in [0.15, 0.2) is 42.7 Å². The molecule has 0 atom stereocenters. The third-order valence-corrected chi connectivity index (χ3v) is 2.98. The van der Waals surface area contributed by atoms with Crippen LogP contribution in [0.2, 0.25) is 0 Å². The Hall–Kier alpha value is -2.42. The molecule has 3 nitrogen and oxygen atoms in total. The van der Waals surface area contributed by atoms with Gasteiger partial charge in [0.2, 0.25) is 0 Å². The van der Waals surface area contributed by atoms with Crippen molar-refractivity contribution in [2.75, 3.05) is 5.32 Å². The van der Waals surface area contributed by atoms with Crippen LogP contribution in [-0.2, 0) is 4.79 Å². The SMILES string of the molecule is Cc1ccc2c(c1)NC(=O)C2=Cc1ccncc1. The topological polar surface area (TPSA) is 42.0 Å². The Morgan fingerprint density at radius 1 is 1.17 bits per heavy atom. The molecule has 1 aromatic carbocycles. The Morgan fingerprint density at radius 3 is 2.72 bits per heavy atom. The van der Waals surface area contributed by atoms with Gasteiger partial charge in [0.25, 0.3) is 5.91 Å². The Balaban J connectivity index is 2.10. The molecule has 1 aliphatic heterocycles. The maximum atomic E-state index is 12.0. The van der Waals surface area contributed by atoms with Gasteiger partial charge in [0.05, 0.1) is 0 Å². The first kappa shape index (κ1) is 10.7. The van der Waals surface area contributed by atoms with Gasteiger partial charge in [-0.25, -0.2) is 0 Å². The van der Waals surface area contributed by atoms with Gasteiger partial charge in [-0.1, -0.05) is 12.1 Å². The summed E-state index contributed by atoms with van der Waals surface area (Å²) in [5, 5.41) is 2.89. The first-order valence-electron chi connectivity index (χ1n) is 5.78. The second-order valence-electron chi connectivity index (χ2n) is 4.34. The Morgan fingerprint density at radius 2 is 1.94 bits per heavy atom. The van der Waals surface area contributed by atoms with Gasteiger partial charge < -0.3 is 5.32 Å². The number of hydrogen-bond acceptors (Lipinski definition) is 2. The number of amides is 1. The quantitative estimate of drug-likeness (QED) is 0.773. The van der Waals surface area contributed by atoms with Gasteiger partial charge in [-0.15, -0.1) is 0 Å². The monoisotopic (exact) mass is 236 g/mol. The number of nitrogens with zero attached hydrogens (tertiary/aromatic N) is 1. The van der Waals surface area contributed by atoms with E-state index in [1.165, 1.54) is 0 Å². The van der Waals surface area contributed by atoms with E-state index >= 15 is 0 Å². The highest BCUT2D eigenvalue weighted by Gasteiger charge is 2.23. The lowest BCUT2D eigenvalue weighted by Crippen LogP contribution is -2.03. The molecule has 0 saturated carbocycles. The minimum absolute atomic E-state index is 0.0487. The van der Waals surface area contributed by atoms with Crippen molar-refractivity contribution in [3.63, 3.8) is 0 Å². The number of carbonyl (C=O) groups is 1. The van der Waals surface area contributed by atoms with Crippen molar-refractivity contribution in [3.05, 3.63) is 59.4 Å². The summed E-state index contributed by atoms with van der Waals surface area (Å²) in [5.41, 5.74) is 4.67. The summed E-state index contributed by atoms with van der Waals surface area (Å²) in [6, 6.07) is 9.74. The Labute approximate surface area is 105 Å². The van der Waals surface area contributed by atoms with E-state index in [2.05, 4.69) is 10.3 Å². The molecule has 1 amide bonds. The summed E-state index contributed by atoms with van der Waals surface area (Å²) < 4.78 is 0. The van der Waals surface area contributed by atoms with Crippen LogP contribution >= 0.6 is 0 Å². The standard InChI is InChI=1S/C15H12N2O/c1-10-2-3-12-13(15(18)17-14(12)8-10)9-11-4-6-16-7-5-11/h2-9H,1H3,(H,17,18). The number of anilines is 1. The molecule has 1 N–H and O–H groups in total. The van der Waals surface area contributed by atoms with E-state index in [9.17, 15) is 4.79 Å². The number of aromatic nitrogens is 1. The molecule has 0 aliphatic carbocycles. The molecule has 3 heteroatoms. The van der Waals surface area contributed by atoms with E-state index in [0.29, 0.717) is 5.57 Å². The molecule has 0 bridgehead atoms. The zero-order valence-corrected chi connectivity index (χ0v) is 9.97. The van der Waals surface area contributed by atoms with E-state index in [1.54, 1.807) is 12.4 Å². The minimum Gasteiger partial charge on any atom is -0.321 e. The van der Waals surface area contributed by atoms with Gasteiger partial charge in [0.15, 0.2) is 0 Å². The smallest absolute Gasteiger partial charge is 0.256 e. The molecule has 88 valence electrons. The molecule has 0 spiro atoms. The predicted octanol–water partition coefficient (Wildman–Crippen LogP) is 2.88. The van der Waals surface area contributed by atoms with E-state index in [0.717, 1.165) is 22.4 Å². The van der Waals surface area contributed by atoms with Gasteiger partial charge in [-0.2, -0.15) is 0 Å². The number of benzene rings is 1. The van der Waals surface area contributed by atoms with Crippen LogP contribution in [0, 0.1) is 6.92 Å². The van der Waals surface area contributed by atoms with E-state index in [1.807, 2.05) is 43.3 Å². The molecule has 0 saturated heterocycles. The summed E-state index contributed by atoms with van der Waals surface area (Å²) in [6.07, 6.45) is 5.32. The maximum Gasteiger partial charge on any atom is 0.256 e. The lowest BCUT2D eigenvalue weighted by atomic mass is 10.0. The van der Waals surface area contributed by atoms with Crippen LogP contribution in [0.25, 0.3) is 11.6 Å². The van der Waals surface area contributed by atoms with Gasteiger partial charge in [0.1, 0.15) is 0 Å². The molecule has 1 aromatic heterocycles. The van der Waals surface area contributed by atoms with Gasteiger partial charge >= 0.3 is 0 Å². The van der Waals surface area contributed by atoms with Crippen LogP contribution in [0.3, 0.4) is 0 Å². The number of nitrogens with one attached hydrogen (secondary N) is 1. The normalized spacial score (nSPS) is 15.6. The first-order chi connectivity index (χ1) is 8.74. The summed E-state index contributed by atoms with van der Waals surface area (Å²) in [5.74, 6) is -0.0487. The molecule has 0 fully saturated rings. The molecule has 0 unspecified atom stereocenters. The number of pyridine rings is 1. The summed E-state index contributed by atoms with van der Waals surface area (Å²) in [4.78, 5) is 15.9. The molecular weight excluding hydrogens is 224 g/mol. The van der Waals surface area contributed by atoms with Gasteiger partial charge in [0, 0.05) is 29.2 Å². The fourth-order valence-electron chi connectivity index (χ4n) is 2.08. The lowest BCUT2D eigenvalue weighted by Gasteiger charge is -1.99. The predicted molar refractivity (Wildman–Crippen MR) is 71.9 cm³/mol. The van der Waals surface area contributed by atoms with E-state index in [-0.39, 0.29) is 5.91 Å². The molecule has 1 aliphatic rings. The average molecular weight is 236 g/mol. The molecule has 18 heavy (non-hydrogen) atoms. The maximum absolute atomic E-state index is 12.0. The van der Waals surface area contributed by atoms with Crippen LogP contribution in [0.4, 0.5) is 5.69 Å². The third-order valence-electron chi connectivity index (χ3n) is 2.98.